The van der Waals surface area contributed by atoms with Gasteiger partial charge in [-0.15, -0.1) is 0 Å². The highest BCUT2D eigenvalue weighted by atomic mass is 16.6. The standard InChI is InChI=1S/C19H23NO2/c1-3-19(21)22-16(2)20(14-17-10-6-4-7-11-17)15-18-12-8-5-9-13-18/h4-13,16H,3,14-15H2,1-2H3. The van der Waals surface area contributed by atoms with Crippen molar-refractivity contribution in [3.8, 4) is 0 Å². The molecule has 2 aromatic rings. The number of carbonyl (C=O) groups excluding carboxylic acids is 1. The number of benzene rings is 2. The molecule has 3 heteroatoms. The van der Waals surface area contributed by atoms with Crippen LogP contribution < -0.4 is 0 Å². The minimum absolute atomic E-state index is 0.168. The summed E-state index contributed by atoms with van der Waals surface area (Å²) in [6, 6.07) is 20.5. The fourth-order valence-electron chi connectivity index (χ4n) is 2.30. The molecule has 0 spiro atoms. The Kier molecular flexibility index (Phi) is 6.16. The van der Waals surface area contributed by atoms with Gasteiger partial charge in [0.25, 0.3) is 0 Å². The van der Waals surface area contributed by atoms with Crippen LogP contribution in [0.3, 0.4) is 0 Å². The van der Waals surface area contributed by atoms with E-state index in [1.807, 2.05) is 50.2 Å². The quantitative estimate of drug-likeness (QED) is 0.572. The van der Waals surface area contributed by atoms with E-state index in [0.29, 0.717) is 6.42 Å². The zero-order valence-corrected chi connectivity index (χ0v) is 13.2. The summed E-state index contributed by atoms with van der Waals surface area (Å²) in [7, 11) is 0. The van der Waals surface area contributed by atoms with Crippen molar-refractivity contribution in [1.82, 2.24) is 4.90 Å². The number of rotatable bonds is 7. The van der Waals surface area contributed by atoms with Crippen LogP contribution in [0.5, 0.6) is 0 Å². The molecule has 0 aromatic heterocycles. The number of hydrogen-bond acceptors (Lipinski definition) is 3. The predicted molar refractivity (Wildman–Crippen MR) is 88.0 cm³/mol. The number of hydrogen-bond donors (Lipinski definition) is 0. The summed E-state index contributed by atoms with van der Waals surface area (Å²) >= 11 is 0. The topological polar surface area (TPSA) is 29.5 Å². The second kappa shape index (κ2) is 8.35. The van der Waals surface area contributed by atoms with Crippen LogP contribution in [0.1, 0.15) is 31.4 Å². The Bertz CT molecular complexity index is 527. The highest BCUT2D eigenvalue weighted by Crippen LogP contribution is 2.14. The fraction of sp³-hybridized carbons (Fsp3) is 0.316. The molecule has 0 aliphatic carbocycles. The predicted octanol–water partition coefficient (Wildman–Crippen LogP) is 3.99. The third kappa shape index (κ3) is 5.01. The maximum absolute atomic E-state index is 11.6. The van der Waals surface area contributed by atoms with E-state index in [2.05, 4.69) is 29.2 Å². The molecular weight excluding hydrogens is 274 g/mol. The second-order valence-electron chi connectivity index (χ2n) is 5.32. The Labute approximate surface area is 132 Å². The number of nitrogens with zero attached hydrogens (tertiary/aromatic N) is 1. The molecule has 3 nitrogen and oxygen atoms in total. The number of carbonyl (C=O) groups is 1. The first-order valence-electron chi connectivity index (χ1n) is 7.70. The molecule has 0 fully saturated rings. The van der Waals surface area contributed by atoms with Crippen LogP contribution in [0.2, 0.25) is 0 Å². The molecule has 0 amide bonds. The van der Waals surface area contributed by atoms with Gasteiger partial charge in [-0.05, 0) is 18.1 Å². The molecule has 0 aliphatic rings. The van der Waals surface area contributed by atoms with Gasteiger partial charge in [0.2, 0.25) is 0 Å². The average Bonchev–Trinajstić information content (AvgIpc) is 2.56. The van der Waals surface area contributed by atoms with Crippen molar-refractivity contribution in [2.75, 3.05) is 0 Å². The SMILES string of the molecule is CCC(=O)OC(C)N(Cc1ccccc1)Cc1ccccc1. The van der Waals surface area contributed by atoms with E-state index in [9.17, 15) is 4.79 Å². The van der Waals surface area contributed by atoms with Crippen LogP contribution in [-0.4, -0.2) is 17.1 Å². The summed E-state index contributed by atoms with van der Waals surface area (Å²) in [6.45, 7) is 5.23. The summed E-state index contributed by atoms with van der Waals surface area (Å²) in [4.78, 5) is 13.7. The van der Waals surface area contributed by atoms with Crippen LogP contribution >= 0.6 is 0 Å². The molecule has 0 heterocycles. The Morgan fingerprint density at radius 3 is 1.82 bits per heavy atom. The van der Waals surface area contributed by atoms with Gasteiger partial charge in [0.15, 0.2) is 6.23 Å². The smallest absolute Gasteiger partial charge is 0.307 e. The highest BCUT2D eigenvalue weighted by Gasteiger charge is 2.18. The lowest BCUT2D eigenvalue weighted by Gasteiger charge is -2.28. The number of esters is 1. The van der Waals surface area contributed by atoms with Gasteiger partial charge in [-0.25, -0.2) is 0 Å². The zero-order chi connectivity index (χ0) is 15.8. The molecule has 1 atom stereocenters. The molecule has 0 saturated carbocycles. The highest BCUT2D eigenvalue weighted by molar-refractivity contribution is 5.69. The normalized spacial score (nSPS) is 12.1. The van der Waals surface area contributed by atoms with Crippen molar-refractivity contribution in [1.29, 1.82) is 0 Å². The molecule has 2 rings (SSSR count). The largest absolute Gasteiger partial charge is 0.447 e. The van der Waals surface area contributed by atoms with Crippen LogP contribution in [0.15, 0.2) is 60.7 Å². The summed E-state index contributed by atoms with van der Waals surface area (Å²) in [5.74, 6) is -0.168. The van der Waals surface area contributed by atoms with Gasteiger partial charge in [-0.3, -0.25) is 9.69 Å². The van der Waals surface area contributed by atoms with Crippen LogP contribution in [0.25, 0.3) is 0 Å². The van der Waals surface area contributed by atoms with Crippen molar-refractivity contribution < 1.29 is 9.53 Å². The maximum atomic E-state index is 11.6. The molecule has 0 aliphatic heterocycles. The lowest BCUT2D eigenvalue weighted by atomic mass is 10.1. The molecule has 0 N–H and O–H groups in total. The summed E-state index contributed by atoms with van der Waals surface area (Å²) in [6.07, 6.45) is 0.141. The van der Waals surface area contributed by atoms with Gasteiger partial charge in [0.05, 0.1) is 0 Å². The van der Waals surface area contributed by atoms with E-state index in [1.54, 1.807) is 0 Å². The minimum atomic E-state index is -0.257. The zero-order valence-electron chi connectivity index (χ0n) is 13.2. The second-order valence-corrected chi connectivity index (χ2v) is 5.32. The lowest BCUT2D eigenvalue weighted by Crippen LogP contribution is -2.35. The van der Waals surface area contributed by atoms with Crippen molar-refractivity contribution >= 4 is 5.97 Å². The molecule has 1 unspecified atom stereocenters. The Balaban J connectivity index is 2.10. The third-order valence-corrected chi connectivity index (χ3v) is 3.56. The van der Waals surface area contributed by atoms with E-state index < -0.39 is 0 Å². The molecule has 22 heavy (non-hydrogen) atoms. The fourth-order valence-corrected chi connectivity index (χ4v) is 2.30. The van der Waals surface area contributed by atoms with E-state index in [0.717, 1.165) is 13.1 Å². The first-order chi connectivity index (χ1) is 10.7. The maximum Gasteiger partial charge on any atom is 0.307 e. The van der Waals surface area contributed by atoms with E-state index in [-0.39, 0.29) is 12.2 Å². The minimum Gasteiger partial charge on any atom is -0.447 e. The summed E-state index contributed by atoms with van der Waals surface area (Å²) < 4.78 is 5.49. The summed E-state index contributed by atoms with van der Waals surface area (Å²) in [5.41, 5.74) is 2.41. The van der Waals surface area contributed by atoms with Gasteiger partial charge >= 0.3 is 5.97 Å². The molecule has 0 saturated heterocycles. The van der Waals surface area contributed by atoms with Gasteiger partial charge in [-0.2, -0.15) is 0 Å². The molecule has 0 radical (unpaired) electrons. The molecule has 2 aromatic carbocycles. The van der Waals surface area contributed by atoms with Crippen LogP contribution in [0.4, 0.5) is 0 Å². The Morgan fingerprint density at radius 1 is 0.955 bits per heavy atom. The molecular formula is C19H23NO2. The van der Waals surface area contributed by atoms with E-state index >= 15 is 0 Å². The van der Waals surface area contributed by atoms with Crippen molar-refractivity contribution in [2.45, 2.75) is 39.6 Å². The first kappa shape index (κ1) is 16.2. The van der Waals surface area contributed by atoms with Crippen LogP contribution in [0, 0.1) is 0 Å². The van der Waals surface area contributed by atoms with Crippen molar-refractivity contribution in [3.05, 3.63) is 71.8 Å². The van der Waals surface area contributed by atoms with Crippen LogP contribution in [-0.2, 0) is 22.6 Å². The van der Waals surface area contributed by atoms with Crippen molar-refractivity contribution in [3.63, 3.8) is 0 Å². The first-order valence-corrected chi connectivity index (χ1v) is 7.70. The van der Waals surface area contributed by atoms with Gasteiger partial charge < -0.3 is 4.74 Å². The van der Waals surface area contributed by atoms with E-state index in [1.165, 1.54) is 11.1 Å². The molecule has 0 bridgehead atoms. The van der Waals surface area contributed by atoms with Gasteiger partial charge in [0, 0.05) is 19.5 Å². The Hall–Kier alpha value is -2.13. The van der Waals surface area contributed by atoms with E-state index in [4.69, 9.17) is 4.74 Å². The van der Waals surface area contributed by atoms with Gasteiger partial charge in [0.1, 0.15) is 0 Å². The van der Waals surface area contributed by atoms with Gasteiger partial charge in [-0.1, -0.05) is 67.6 Å². The lowest BCUT2D eigenvalue weighted by molar-refractivity contribution is -0.158. The Morgan fingerprint density at radius 2 is 1.41 bits per heavy atom. The monoisotopic (exact) mass is 297 g/mol. The average molecular weight is 297 g/mol. The summed E-state index contributed by atoms with van der Waals surface area (Å²) in [5, 5.41) is 0. The third-order valence-electron chi connectivity index (χ3n) is 3.56. The molecule has 116 valence electrons. The van der Waals surface area contributed by atoms with Crippen molar-refractivity contribution in [2.24, 2.45) is 0 Å². The number of ether oxygens (including phenoxy) is 1.